The van der Waals surface area contributed by atoms with Crippen LogP contribution < -0.4 is 0 Å². The quantitative estimate of drug-likeness (QED) is 0.840. The van der Waals surface area contributed by atoms with Gasteiger partial charge in [0.2, 0.25) is 10.0 Å². The van der Waals surface area contributed by atoms with Crippen LogP contribution in [0.25, 0.3) is 0 Å². The molecule has 1 heterocycles. The highest BCUT2D eigenvalue weighted by molar-refractivity contribution is 7.88. The highest BCUT2D eigenvalue weighted by Gasteiger charge is 2.53. The first kappa shape index (κ1) is 16.0. The zero-order valence-electron chi connectivity index (χ0n) is 12.8. The summed E-state index contributed by atoms with van der Waals surface area (Å²) in [4.78, 5) is 0. The minimum Gasteiger partial charge on any atom is -0.395 e. The zero-order valence-corrected chi connectivity index (χ0v) is 13.6. The Kier molecular flexibility index (Phi) is 4.16. The number of hydrogen-bond acceptors (Lipinski definition) is 4. The molecule has 1 aromatic rings. The largest absolute Gasteiger partial charge is 0.395 e. The molecule has 1 aliphatic carbocycles. The van der Waals surface area contributed by atoms with E-state index in [-0.39, 0.29) is 12.5 Å². The molecule has 0 radical (unpaired) electrons. The van der Waals surface area contributed by atoms with Crippen LogP contribution in [0.2, 0.25) is 0 Å². The van der Waals surface area contributed by atoms with E-state index in [4.69, 9.17) is 0 Å². The summed E-state index contributed by atoms with van der Waals surface area (Å²) in [6.45, 7) is -0.306. The fraction of sp³-hybridized carbons (Fsp3) is 0.471. The summed E-state index contributed by atoms with van der Waals surface area (Å²) in [5.74, 6) is 6.53. The average Bonchev–Trinajstić information content (AvgIpc) is 3.29. The minimum atomic E-state index is -3.52. The fourth-order valence-electron chi connectivity index (χ4n) is 3.02. The molecule has 3 rings (SSSR count). The van der Waals surface area contributed by atoms with E-state index >= 15 is 0 Å². The van der Waals surface area contributed by atoms with Gasteiger partial charge in [-0.15, -0.1) is 0 Å². The summed E-state index contributed by atoms with van der Waals surface area (Å²) in [7, 11) is -3.52. The first-order valence-corrected chi connectivity index (χ1v) is 9.41. The molecule has 1 N–H and O–H groups in total. The van der Waals surface area contributed by atoms with E-state index in [0.29, 0.717) is 5.92 Å². The van der Waals surface area contributed by atoms with E-state index in [2.05, 4.69) is 11.8 Å². The molecule has 1 aromatic carbocycles. The van der Waals surface area contributed by atoms with E-state index < -0.39 is 22.1 Å². The maximum atomic E-state index is 11.8. The van der Waals surface area contributed by atoms with E-state index in [0.717, 1.165) is 21.7 Å². The molecule has 0 bridgehead atoms. The summed E-state index contributed by atoms with van der Waals surface area (Å²) < 4.78 is 24.7. The lowest BCUT2D eigenvalue weighted by Crippen LogP contribution is -2.64. The van der Waals surface area contributed by atoms with Gasteiger partial charge in [-0.25, -0.2) is 8.42 Å². The normalized spacial score (nSPS) is 27.4. The van der Waals surface area contributed by atoms with Crippen LogP contribution >= 0.6 is 0 Å². The number of sulfonamides is 1. The summed E-state index contributed by atoms with van der Waals surface area (Å²) in [5, 5.41) is 18.8. The van der Waals surface area contributed by atoms with Crippen molar-refractivity contribution in [2.24, 2.45) is 5.92 Å². The Balaban J connectivity index is 1.83. The van der Waals surface area contributed by atoms with Crippen molar-refractivity contribution >= 4 is 10.0 Å². The molecule has 1 saturated heterocycles. The molecular formula is C17H18N2O3S. The summed E-state index contributed by atoms with van der Waals surface area (Å²) >= 11 is 0. The van der Waals surface area contributed by atoms with Gasteiger partial charge in [0.25, 0.3) is 0 Å². The van der Waals surface area contributed by atoms with Crippen molar-refractivity contribution in [3.63, 3.8) is 0 Å². The first-order chi connectivity index (χ1) is 11.0. The predicted molar refractivity (Wildman–Crippen MR) is 85.7 cm³/mol. The van der Waals surface area contributed by atoms with Crippen LogP contribution in [0.4, 0.5) is 0 Å². The van der Waals surface area contributed by atoms with Gasteiger partial charge < -0.3 is 5.11 Å². The monoisotopic (exact) mass is 330 g/mol. The predicted octanol–water partition coefficient (Wildman–Crippen LogP) is 1.06. The van der Waals surface area contributed by atoms with Crippen LogP contribution in [0.1, 0.15) is 29.9 Å². The van der Waals surface area contributed by atoms with Crippen molar-refractivity contribution in [2.75, 3.05) is 12.9 Å². The van der Waals surface area contributed by atoms with Crippen LogP contribution in [-0.4, -0.2) is 42.8 Å². The third-order valence-corrected chi connectivity index (χ3v) is 5.62. The third-order valence-electron chi connectivity index (χ3n) is 4.35. The van der Waals surface area contributed by atoms with Gasteiger partial charge in [-0.1, -0.05) is 24.0 Å². The second-order valence-electron chi connectivity index (χ2n) is 6.11. The Morgan fingerprint density at radius 2 is 1.96 bits per heavy atom. The maximum Gasteiger partial charge on any atom is 0.212 e. The van der Waals surface area contributed by atoms with Crippen LogP contribution in [0.15, 0.2) is 24.3 Å². The minimum absolute atomic E-state index is 0.306. The lowest BCUT2D eigenvalue weighted by Gasteiger charge is -2.49. The van der Waals surface area contributed by atoms with E-state index in [1.807, 2.05) is 30.3 Å². The lowest BCUT2D eigenvalue weighted by molar-refractivity contribution is 0.0564. The number of nitriles is 1. The SMILES string of the molecule is CS(=O)(=O)N1[C@H](CO)[C@H](c2ccc(C#CC3CC3)cc2)[C@@H]1C#N. The molecule has 2 aliphatic rings. The van der Waals surface area contributed by atoms with Gasteiger partial charge in [-0.3, -0.25) is 0 Å². The highest BCUT2D eigenvalue weighted by atomic mass is 32.2. The molecule has 0 aromatic heterocycles. The lowest BCUT2D eigenvalue weighted by atomic mass is 9.78. The van der Waals surface area contributed by atoms with E-state index in [9.17, 15) is 18.8 Å². The van der Waals surface area contributed by atoms with Gasteiger partial charge in [0, 0.05) is 17.4 Å². The molecule has 1 aliphatic heterocycles. The average molecular weight is 330 g/mol. The van der Waals surface area contributed by atoms with Gasteiger partial charge >= 0.3 is 0 Å². The van der Waals surface area contributed by atoms with Crippen molar-refractivity contribution in [3.05, 3.63) is 35.4 Å². The Morgan fingerprint density at radius 1 is 1.30 bits per heavy atom. The zero-order chi connectivity index (χ0) is 16.6. The van der Waals surface area contributed by atoms with Crippen molar-refractivity contribution in [1.29, 1.82) is 5.26 Å². The molecule has 0 amide bonds. The smallest absolute Gasteiger partial charge is 0.212 e. The number of benzene rings is 1. The molecule has 6 heteroatoms. The second kappa shape index (κ2) is 5.98. The maximum absolute atomic E-state index is 11.8. The first-order valence-electron chi connectivity index (χ1n) is 7.56. The van der Waals surface area contributed by atoms with Gasteiger partial charge in [0.05, 0.1) is 25.0 Å². The molecule has 3 atom stereocenters. The van der Waals surface area contributed by atoms with Gasteiger partial charge in [0.1, 0.15) is 6.04 Å². The Morgan fingerprint density at radius 3 is 2.43 bits per heavy atom. The summed E-state index contributed by atoms with van der Waals surface area (Å²) in [6, 6.07) is 8.19. The number of hydrogen-bond donors (Lipinski definition) is 1. The molecule has 1 saturated carbocycles. The Hall–Kier alpha value is -1.86. The third kappa shape index (κ3) is 3.11. The standard InChI is InChI=1S/C17H18N2O3S/c1-23(21,22)19-15(10-18)17(16(19)11-20)14-8-6-13(7-9-14)5-4-12-2-3-12/h6-9,12,15-17,20H,2-3,11H2,1H3/t15-,16+,17+/m0/s1. The topological polar surface area (TPSA) is 81.4 Å². The summed E-state index contributed by atoms with van der Waals surface area (Å²) in [5.41, 5.74) is 1.77. The van der Waals surface area contributed by atoms with Crippen LogP contribution in [-0.2, 0) is 10.0 Å². The molecular weight excluding hydrogens is 312 g/mol. The van der Waals surface area contributed by atoms with Crippen LogP contribution in [0.3, 0.4) is 0 Å². The molecule has 0 unspecified atom stereocenters. The summed E-state index contributed by atoms with van der Waals surface area (Å²) in [6.07, 6.45) is 3.42. The molecule has 5 nitrogen and oxygen atoms in total. The fourth-order valence-corrected chi connectivity index (χ4v) is 4.30. The van der Waals surface area contributed by atoms with Crippen molar-refractivity contribution < 1.29 is 13.5 Å². The Bertz CT molecular complexity index is 795. The second-order valence-corrected chi connectivity index (χ2v) is 8.00. The number of aliphatic hydroxyl groups excluding tert-OH is 1. The Labute approximate surface area is 136 Å². The molecule has 0 spiro atoms. The number of rotatable bonds is 3. The highest BCUT2D eigenvalue weighted by Crippen LogP contribution is 2.41. The van der Waals surface area contributed by atoms with Gasteiger partial charge in [0.15, 0.2) is 0 Å². The number of nitrogens with zero attached hydrogens (tertiary/aromatic N) is 2. The van der Waals surface area contributed by atoms with E-state index in [1.165, 1.54) is 12.8 Å². The van der Waals surface area contributed by atoms with Gasteiger partial charge in [-0.2, -0.15) is 9.57 Å². The van der Waals surface area contributed by atoms with Crippen molar-refractivity contribution in [3.8, 4) is 17.9 Å². The van der Waals surface area contributed by atoms with Crippen LogP contribution in [0, 0.1) is 29.1 Å². The number of aliphatic hydroxyl groups is 1. The van der Waals surface area contributed by atoms with Crippen molar-refractivity contribution in [1.82, 2.24) is 4.31 Å². The molecule has 120 valence electrons. The molecule has 23 heavy (non-hydrogen) atoms. The van der Waals surface area contributed by atoms with Gasteiger partial charge in [-0.05, 0) is 30.5 Å². The van der Waals surface area contributed by atoms with E-state index in [1.54, 1.807) is 0 Å². The van der Waals surface area contributed by atoms with Crippen LogP contribution in [0.5, 0.6) is 0 Å². The molecule has 2 fully saturated rings. The van der Waals surface area contributed by atoms with Crippen molar-refractivity contribution in [2.45, 2.75) is 30.8 Å².